The first kappa shape index (κ1) is 13.8. The number of carbonyl (C=O) groups excluding carboxylic acids is 1. The maximum Gasteiger partial charge on any atom is 0.254 e. The van der Waals surface area contributed by atoms with Crippen LogP contribution >= 0.6 is 22.6 Å². The van der Waals surface area contributed by atoms with Crippen molar-refractivity contribution in [2.45, 2.75) is 0 Å². The Kier molecular flexibility index (Phi) is 3.74. The Hall–Kier alpha value is -2.15. The Morgan fingerprint density at radius 1 is 1.10 bits per heavy atom. The second kappa shape index (κ2) is 5.69. The number of para-hydroxylation sites is 2. The highest BCUT2D eigenvalue weighted by atomic mass is 127. The van der Waals surface area contributed by atoms with Crippen LogP contribution in [0.1, 0.15) is 10.4 Å². The van der Waals surface area contributed by atoms with Gasteiger partial charge in [-0.15, -0.1) is 0 Å². The van der Waals surface area contributed by atoms with Gasteiger partial charge < -0.3 is 10.5 Å². The van der Waals surface area contributed by atoms with Crippen LogP contribution in [0.5, 0.6) is 11.5 Å². The highest BCUT2D eigenvalue weighted by Gasteiger charge is 2.16. The average Bonchev–Trinajstić information content (AvgIpc) is 2.49. The number of carbonyl (C=O) groups is 1. The maximum atomic E-state index is 11.6. The summed E-state index contributed by atoms with van der Waals surface area (Å²) in [6, 6.07) is 15.1. The van der Waals surface area contributed by atoms with Crippen molar-refractivity contribution < 1.29 is 9.53 Å². The minimum atomic E-state index is -0.561. The monoisotopic (exact) mass is 390 g/mol. The lowest BCUT2D eigenvalue weighted by Gasteiger charge is -2.13. The molecule has 0 aliphatic rings. The number of rotatable bonds is 3. The van der Waals surface area contributed by atoms with E-state index >= 15 is 0 Å². The summed E-state index contributed by atoms with van der Waals surface area (Å²) in [6.07, 6.45) is 1.45. The van der Waals surface area contributed by atoms with Crippen LogP contribution in [0.15, 0.2) is 54.7 Å². The SMILES string of the molecule is NC(=O)c1cnc2ccccc2c1Oc1ccccc1I. The normalized spacial score (nSPS) is 10.5. The third kappa shape index (κ3) is 2.69. The van der Waals surface area contributed by atoms with Gasteiger partial charge in [-0.05, 0) is 46.9 Å². The predicted molar refractivity (Wildman–Crippen MR) is 89.5 cm³/mol. The zero-order valence-corrected chi connectivity index (χ0v) is 13.1. The summed E-state index contributed by atoms with van der Waals surface area (Å²) in [5.41, 5.74) is 6.46. The summed E-state index contributed by atoms with van der Waals surface area (Å²) in [4.78, 5) is 15.9. The van der Waals surface area contributed by atoms with Crippen LogP contribution in [0.25, 0.3) is 10.9 Å². The number of ether oxygens (including phenoxy) is 1. The van der Waals surface area contributed by atoms with Crippen molar-refractivity contribution in [3.8, 4) is 11.5 Å². The van der Waals surface area contributed by atoms with Crippen LogP contribution in [-0.2, 0) is 0 Å². The molecular weight excluding hydrogens is 379 g/mol. The molecule has 5 heteroatoms. The Morgan fingerprint density at radius 3 is 2.57 bits per heavy atom. The van der Waals surface area contributed by atoms with E-state index in [1.54, 1.807) is 0 Å². The highest BCUT2D eigenvalue weighted by molar-refractivity contribution is 14.1. The molecule has 0 spiro atoms. The molecule has 1 aromatic heterocycles. The molecule has 0 atom stereocenters. The molecule has 4 nitrogen and oxygen atoms in total. The summed E-state index contributed by atoms with van der Waals surface area (Å²) in [6.45, 7) is 0. The summed E-state index contributed by atoms with van der Waals surface area (Å²) in [5.74, 6) is 0.559. The number of benzene rings is 2. The standard InChI is InChI=1S/C16H11IN2O2/c17-12-6-2-4-8-14(12)21-15-10-5-1-3-7-13(10)19-9-11(15)16(18)20/h1-9H,(H2,18,20). The van der Waals surface area contributed by atoms with Gasteiger partial charge in [0.05, 0.1) is 9.09 Å². The molecule has 1 amide bonds. The molecule has 0 saturated carbocycles. The largest absolute Gasteiger partial charge is 0.455 e. The maximum absolute atomic E-state index is 11.6. The van der Waals surface area contributed by atoms with Crippen molar-refractivity contribution in [1.82, 2.24) is 4.98 Å². The molecule has 0 saturated heterocycles. The third-order valence-electron chi connectivity index (χ3n) is 3.04. The van der Waals surface area contributed by atoms with Crippen molar-refractivity contribution >= 4 is 39.4 Å². The second-order valence-corrected chi connectivity index (χ2v) is 5.58. The van der Waals surface area contributed by atoms with Crippen LogP contribution in [-0.4, -0.2) is 10.9 Å². The molecular formula is C16H11IN2O2. The molecule has 3 rings (SSSR count). The number of primary amides is 1. The first-order valence-electron chi connectivity index (χ1n) is 6.27. The summed E-state index contributed by atoms with van der Waals surface area (Å²) in [5, 5.41) is 0.758. The number of nitrogens with two attached hydrogens (primary N) is 1. The van der Waals surface area contributed by atoms with E-state index in [9.17, 15) is 4.79 Å². The van der Waals surface area contributed by atoms with E-state index < -0.39 is 5.91 Å². The van der Waals surface area contributed by atoms with E-state index in [2.05, 4.69) is 27.6 Å². The Morgan fingerprint density at radius 2 is 1.81 bits per heavy atom. The fourth-order valence-corrected chi connectivity index (χ4v) is 2.54. The third-order valence-corrected chi connectivity index (χ3v) is 3.93. The van der Waals surface area contributed by atoms with Crippen molar-refractivity contribution in [2.75, 3.05) is 0 Å². The lowest BCUT2D eigenvalue weighted by atomic mass is 10.1. The molecule has 0 radical (unpaired) electrons. The second-order valence-electron chi connectivity index (χ2n) is 4.41. The summed E-state index contributed by atoms with van der Waals surface area (Å²) in [7, 11) is 0. The van der Waals surface area contributed by atoms with Crippen LogP contribution in [0, 0.1) is 3.57 Å². The number of fused-ring (bicyclic) bond motifs is 1. The first-order chi connectivity index (χ1) is 10.2. The smallest absolute Gasteiger partial charge is 0.254 e. The van der Waals surface area contributed by atoms with E-state index in [1.165, 1.54) is 6.20 Å². The van der Waals surface area contributed by atoms with Gasteiger partial charge in [0, 0.05) is 11.6 Å². The minimum Gasteiger partial charge on any atom is -0.455 e. The summed E-state index contributed by atoms with van der Waals surface area (Å²) < 4.78 is 6.92. The van der Waals surface area contributed by atoms with Gasteiger partial charge in [0.2, 0.25) is 0 Å². The van der Waals surface area contributed by atoms with Gasteiger partial charge in [0.1, 0.15) is 11.3 Å². The number of pyridine rings is 1. The average molecular weight is 390 g/mol. The number of nitrogens with zero attached hydrogens (tertiary/aromatic N) is 1. The number of hydrogen-bond acceptors (Lipinski definition) is 3. The Labute approximate surface area is 135 Å². The molecule has 0 fully saturated rings. The van der Waals surface area contributed by atoms with Crippen molar-refractivity contribution in [3.63, 3.8) is 0 Å². The number of hydrogen-bond donors (Lipinski definition) is 1. The van der Waals surface area contributed by atoms with E-state index in [-0.39, 0.29) is 5.56 Å². The number of halogens is 1. The minimum absolute atomic E-state index is 0.272. The molecule has 104 valence electrons. The molecule has 1 heterocycles. The Bertz CT molecular complexity index is 833. The molecule has 0 aliphatic carbocycles. The number of amides is 1. The van der Waals surface area contributed by atoms with Gasteiger partial charge in [-0.1, -0.05) is 24.3 Å². The fourth-order valence-electron chi connectivity index (χ4n) is 2.04. The molecule has 0 unspecified atom stereocenters. The van der Waals surface area contributed by atoms with Gasteiger partial charge in [-0.2, -0.15) is 0 Å². The lowest BCUT2D eigenvalue weighted by molar-refractivity contribution is 0.0998. The van der Waals surface area contributed by atoms with E-state index in [1.807, 2.05) is 48.5 Å². The number of aromatic nitrogens is 1. The quantitative estimate of drug-likeness (QED) is 0.694. The molecule has 2 aromatic carbocycles. The molecule has 0 aliphatic heterocycles. The fraction of sp³-hybridized carbons (Fsp3) is 0. The molecule has 0 bridgehead atoms. The summed E-state index contributed by atoms with van der Waals surface area (Å²) >= 11 is 2.18. The predicted octanol–water partition coefficient (Wildman–Crippen LogP) is 3.73. The van der Waals surface area contributed by atoms with Gasteiger partial charge in [0.15, 0.2) is 5.75 Å². The van der Waals surface area contributed by atoms with Gasteiger partial charge in [-0.3, -0.25) is 9.78 Å². The highest BCUT2D eigenvalue weighted by Crippen LogP contribution is 2.34. The molecule has 2 N–H and O–H groups in total. The van der Waals surface area contributed by atoms with E-state index in [4.69, 9.17) is 10.5 Å². The van der Waals surface area contributed by atoms with Crippen LogP contribution in [0.2, 0.25) is 0 Å². The van der Waals surface area contributed by atoms with Crippen molar-refractivity contribution in [2.24, 2.45) is 5.73 Å². The zero-order valence-electron chi connectivity index (χ0n) is 10.9. The van der Waals surface area contributed by atoms with Gasteiger partial charge in [0.25, 0.3) is 5.91 Å². The first-order valence-corrected chi connectivity index (χ1v) is 7.34. The van der Waals surface area contributed by atoms with Crippen molar-refractivity contribution in [1.29, 1.82) is 0 Å². The lowest BCUT2D eigenvalue weighted by Crippen LogP contribution is -2.13. The Balaban J connectivity index is 2.21. The van der Waals surface area contributed by atoms with E-state index in [0.717, 1.165) is 14.5 Å². The van der Waals surface area contributed by atoms with Gasteiger partial charge in [-0.25, -0.2) is 0 Å². The van der Waals surface area contributed by atoms with Gasteiger partial charge >= 0.3 is 0 Å². The molecule has 21 heavy (non-hydrogen) atoms. The van der Waals surface area contributed by atoms with Crippen molar-refractivity contribution in [3.05, 3.63) is 63.9 Å². The van der Waals surface area contributed by atoms with Crippen LogP contribution in [0.4, 0.5) is 0 Å². The van der Waals surface area contributed by atoms with Crippen LogP contribution in [0.3, 0.4) is 0 Å². The van der Waals surface area contributed by atoms with Crippen LogP contribution < -0.4 is 10.5 Å². The zero-order chi connectivity index (χ0) is 14.8. The topological polar surface area (TPSA) is 65.2 Å². The van der Waals surface area contributed by atoms with E-state index in [0.29, 0.717) is 11.5 Å². The molecule has 3 aromatic rings.